The van der Waals surface area contributed by atoms with Gasteiger partial charge in [0, 0.05) is 36.6 Å². The summed E-state index contributed by atoms with van der Waals surface area (Å²) in [5.74, 6) is -2.47. The average Bonchev–Trinajstić information content (AvgIpc) is 3.40. The molecular formula is C22H23FN2O5S. The number of halogens is 1. The highest BCUT2D eigenvalue weighted by molar-refractivity contribution is 7.10. The van der Waals surface area contributed by atoms with Gasteiger partial charge in [-0.2, -0.15) is 0 Å². The molecule has 1 atom stereocenters. The number of likely N-dealkylation sites (tertiary alicyclic amines) is 1. The summed E-state index contributed by atoms with van der Waals surface area (Å²) in [4.78, 5) is 30.3. The van der Waals surface area contributed by atoms with E-state index in [2.05, 4.69) is 4.90 Å². The van der Waals surface area contributed by atoms with E-state index in [4.69, 9.17) is 9.47 Å². The molecule has 0 radical (unpaired) electrons. The maximum absolute atomic E-state index is 14.2. The van der Waals surface area contributed by atoms with Gasteiger partial charge in [-0.1, -0.05) is 6.07 Å². The van der Waals surface area contributed by atoms with Gasteiger partial charge >= 0.3 is 0 Å². The number of morpholine rings is 1. The summed E-state index contributed by atoms with van der Waals surface area (Å²) in [6.45, 7) is 3.72. The smallest absolute Gasteiger partial charge is 0.295 e. The van der Waals surface area contributed by atoms with Crippen LogP contribution in [0, 0.1) is 5.82 Å². The van der Waals surface area contributed by atoms with Crippen LogP contribution >= 0.6 is 11.3 Å². The third-order valence-electron chi connectivity index (χ3n) is 5.54. The van der Waals surface area contributed by atoms with Gasteiger partial charge in [0.2, 0.25) is 0 Å². The van der Waals surface area contributed by atoms with Crippen LogP contribution in [0.15, 0.2) is 41.3 Å². The number of rotatable bonds is 6. The fourth-order valence-electron chi connectivity index (χ4n) is 3.90. The third-order valence-corrected chi connectivity index (χ3v) is 6.46. The number of carbonyl (C=O) groups is 2. The van der Waals surface area contributed by atoms with Crippen molar-refractivity contribution in [3.63, 3.8) is 0 Å². The highest BCUT2D eigenvalue weighted by Crippen LogP contribution is 2.41. The maximum atomic E-state index is 14.2. The van der Waals surface area contributed by atoms with Crippen molar-refractivity contribution in [3.05, 3.63) is 57.5 Å². The van der Waals surface area contributed by atoms with Gasteiger partial charge in [-0.05, 0) is 29.6 Å². The molecule has 2 fully saturated rings. The molecule has 2 aliphatic heterocycles. The van der Waals surface area contributed by atoms with Gasteiger partial charge in [0.15, 0.2) is 11.6 Å². The Balaban J connectivity index is 1.70. The fourth-order valence-corrected chi connectivity index (χ4v) is 4.74. The quantitative estimate of drug-likeness (QED) is 0.418. The van der Waals surface area contributed by atoms with Crippen molar-refractivity contribution in [2.75, 3.05) is 46.5 Å². The third kappa shape index (κ3) is 4.21. The number of benzene rings is 1. The summed E-state index contributed by atoms with van der Waals surface area (Å²) < 4.78 is 24.5. The molecule has 0 saturated carbocycles. The minimum absolute atomic E-state index is 0.0253. The molecule has 3 heterocycles. The molecule has 0 spiro atoms. The number of hydrogen-bond acceptors (Lipinski definition) is 7. The van der Waals surface area contributed by atoms with E-state index >= 15 is 0 Å². The number of thiophene rings is 1. The van der Waals surface area contributed by atoms with Crippen LogP contribution in [0.3, 0.4) is 0 Å². The molecule has 31 heavy (non-hydrogen) atoms. The Kier molecular flexibility index (Phi) is 6.35. The van der Waals surface area contributed by atoms with Gasteiger partial charge < -0.3 is 19.5 Å². The Morgan fingerprint density at radius 1 is 1.26 bits per heavy atom. The monoisotopic (exact) mass is 446 g/mol. The predicted molar refractivity (Wildman–Crippen MR) is 114 cm³/mol. The minimum Gasteiger partial charge on any atom is -0.507 e. The number of methoxy groups -OCH3 is 1. The Labute approximate surface area is 183 Å². The predicted octanol–water partition coefficient (Wildman–Crippen LogP) is 2.65. The van der Waals surface area contributed by atoms with E-state index in [9.17, 15) is 19.1 Å². The number of ketones is 1. The lowest BCUT2D eigenvalue weighted by atomic mass is 9.99. The first kappa shape index (κ1) is 21.5. The molecule has 1 aromatic carbocycles. The molecule has 0 aliphatic carbocycles. The lowest BCUT2D eigenvalue weighted by Crippen LogP contribution is -2.42. The first-order valence-electron chi connectivity index (χ1n) is 9.97. The standard InChI is InChI=1S/C22H23FN2O5S/c1-29-16-5-4-14(13-15(16)23)20(26)18-19(17-3-2-12-31-17)25(22(28)21(18)27)7-6-24-8-10-30-11-9-24/h2-5,12-13,19,26H,6-11H2,1H3/b20-18+. The van der Waals surface area contributed by atoms with E-state index in [1.807, 2.05) is 17.5 Å². The lowest BCUT2D eigenvalue weighted by molar-refractivity contribution is -0.140. The molecule has 164 valence electrons. The number of carbonyl (C=O) groups excluding carboxylic acids is 2. The van der Waals surface area contributed by atoms with Crippen LogP contribution in [-0.4, -0.2) is 73.1 Å². The van der Waals surface area contributed by atoms with E-state index < -0.39 is 29.3 Å². The van der Waals surface area contributed by atoms with E-state index in [-0.39, 0.29) is 16.9 Å². The Morgan fingerprint density at radius 2 is 2.03 bits per heavy atom. The number of amides is 1. The zero-order valence-corrected chi connectivity index (χ0v) is 17.9. The topological polar surface area (TPSA) is 79.3 Å². The second-order valence-electron chi connectivity index (χ2n) is 7.31. The zero-order chi connectivity index (χ0) is 22.0. The molecule has 4 rings (SSSR count). The number of ether oxygens (including phenoxy) is 2. The number of hydrogen-bond donors (Lipinski definition) is 1. The van der Waals surface area contributed by atoms with Gasteiger partial charge in [-0.3, -0.25) is 14.5 Å². The van der Waals surface area contributed by atoms with Crippen LogP contribution in [-0.2, 0) is 14.3 Å². The highest BCUT2D eigenvalue weighted by Gasteiger charge is 2.46. The Bertz CT molecular complexity index is 1000. The van der Waals surface area contributed by atoms with Crippen LogP contribution < -0.4 is 4.74 Å². The summed E-state index contributed by atoms with van der Waals surface area (Å²) in [6, 6.07) is 6.87. The number of aliphatic hydroxyl groups excluding tert-OH is 1. The molecule has 0 bridgehead atoms. The second-order valence-corrected chi connectivity index (χ2v) is 8.29. The first-order valence-corrected chi connectivity index (χ1v) is 10.8. The number of aliphatic hydroxyl groups is 1. The Hall–Kier alpha value is -2.75. The summed E-state index contributed by atoms with van der Waals surface area (Å²) in [5.41, 5.74) is 0.0880. The van der Waals surface area contributed by atoms with Crippen molar-refractivity contribution in [1.29, 1.82) is 0 Å². The van der Waals surface area contributed by atoms with Crippen LogP contribution in [0.25, 0.3) is 5.76 Å². The molecule has 1 aromatic heterocycles. The van der Waals surface area contributed by atoms with Gasteiger partial charge in [0.1, 0.15) is 5.76 Å². The second kappa shape index (κ2) is 9.17. The van der Waals surface area contributed by atoms with Crippen molar-refractivity contribution in [2.24, 2.45) is 0 Å². The van der Waals surface area contributed by atoms with Gasteiger partial charge in [0.05, 0.1) is 31.9 Å². The van der Waals surface area contributed by atoms with Crippen molar-refractivity contribution >= 4 is 28.8 Å². The summed E-state index contributed by atoms with van der Waals surface area (Å²) in [6.07, 6.45) is 0. The number of nitrogens with zero attached hydrogens (tertiary/aromatic N) is 2. The molecule has 7 nitrogen and oxygen atoms in total. The van der Waals surface area contributed by atoms with E-state index in [0.29, 0.717) is 26.3 Å². The van der Waals surface area contributed by atoms with Crippen molar-refractivity contribution < 1.29 is 28.6 Å². The van der Waals surface area contributed by atoms with E-state index in [1.165, 1.54) is 35.5 Å². The molecule has 1 amide bonds. The molecule has 1 N–H and O–H groups in total. The average molecular weight is 447 g/mol. The SMILES string of the molecule is COc1ccc(/C(O)=C2\C(=O)C(=O)N(CCN3CCOCC3)C2c2cccs2)cc1F. The van der Waals surface area contributed by atoms with Gasteiger partial charge in [-0.15, -0.1) is 11.3 Å². The van der Waals surface area contributed by atoms with Crippen LogP contribution in [0.4, 0.5) is 4.39 Å². The lowest BCUT2D eigenvalue weighted by Gasteiger charge is -2.30. The molecule has 2 aromatic rings. The van der Waals surface area contributed by atoms with Crippen LogP contribution in [0.2, 0.25) is 0 Å². The summed E-state index contributed by atoms with van der Waals surface area (Å²) in [7, 11) is 1.34. The van der Waals surface area contributed by atoms with Crippen molar-refractivity contribution in [2.45, 2.75) is 6.04 Å². The molecule has 2 aliphatic rings. The fraction of sp³-hybridized carbons (Fsp3) is 0.364. The minimum atomic E-state index is -0.769. The van der Waals surface area contributed by atoms with Gasteiger partial charge in [0.25, 0.3) is 11.7 Å². The van der Waals surface area contributed by atoms with E-state index in [0.717, 1.165) is 24.0 Å². The number of Topliss-reactive ketones (excluding diaryl/α,β-unsaturated/α-hetero) is 1. The Morgan fingerprint density at radius 3 is 2.68 bits per heavy atom. The summed E-state index contributed by atoms with van der Waals surface area (Å²) >= 11 is 1.40. The largest absolute Gasteiger partial charge is 0.507 e. The zero-order valence-electron chi connectivity index (χ0n) is 17.0. The first-order chi connectivity index (χ1) is 15.0. The highest BCUT2D eigenvalue weighted by atomic mass is 32.1. The van der Waals surface area contributed by atoms with Crippen LogP contribution in [0.5, 0.6) is 5.75 Å². The normalized spacial score (nSPS) is 21.6. The van der Waals surface area contributed by atoms with Crippen LogP contribution in [0.1, 0.15) is 16.5 Å². The molecule has 9 heteroatoms. The maximum Gasteiger partial charge on any atom is 0.295 e. The van der Waals surface area contributed by atoms with Crippen molar-refractivity contribution in [3.8, 4) is 5.75 Å². The molecule has 1 unspecified atom stereocenters. The molecule has 2 saturated heterocycles. The van der Waals surface area contributed by atoms with E-state index in [1.54, 1.807) is 0 Å². The summed E-state index contributed by atoms with van der Waals surface area (Å²) in [5, 5.41) is 12.8. The van der Waals surface area contributed by atoms with Crippen molar-refractivity contribution in [1.82, 2.24) is 9.80 Å². The van der Waals surface area contributed by atoms with Gasteiger partial charge in [-0.25, -0.2) is 4.39 Å². The molecular weight excluding hydrogens is 423 g/mol.